The van der Waals surface area contributed by atoms with Gasteiger partial charge in [-0.15, -0.1) is 0 Å². The van der Waals surface area contributed by atoms with E-state index in [0.717, 1.165) is 53.6 Å². The minimum Gasteiger partial charge on any atom is -0.489 e. The lowest BCUT2D eigenvalue weighted by Gasteiger charge is -2.38. The number of benzene rings is 1. The molecule has 2 aliphatic heterocycles. The van der Waals surface area contributed by atoms with Gasteiger partial charge in [0, 0.05) is 48.1 Å². The third-order valence-electron chi connectivity index (χ3n) is 7.11. The quantitative estimate of drug-likeness (QED) is 0.473. The number of fused-ring (bicyclic) bond motifs is 3. The number of piperidine rings is 1. The fraction of sp³-hybridized carbons (Fsp3) is 0.500. The number of ether oxygens (including phenoxy) is 2. The van der Waals surface area contributed by atoms with Gasteiger partial charge in [-0.25, -0.2) is 14.4 Å². The number of hydrogen-bond donors (Lipinski definition) is 2. The number of anilines is 1. The summed E-state index contributed by atoms with van der Waals surface area (Å²) in [5.41, 5.74) is 3.08. The molecule has 4 bridgehead atoms. The number of likely N-dealkylation sites (tertiary alicyclic amines) is 1. The van der Waals surface area contributed by atoms with Crippen LogP contribution in [0.15, 0.2) is 36.8 Å². The molecule has 2 N–H and O–H groups in total. The van der Waals surface area contributed by atoms with E-state index in [4.69, 9.17) is 9.47 Å². The van der Waals surface area contributed by atoms with E-state index in [2.05, 4.69) is 37.4 Å². The van der Waals surface area contributed by atoms with Crippen molar-refractivity contribution in [2.45, 2.75) is 58.0 Å². The van der Waals surface area contributed by atoms with Gasteiger partial charge >= 0.3 is 0 Å². The normalized spacial score (nSPS) is 22.4. The molecule has 2 aliphatic rings. The summed E-state index contributed by atoms with van der Waals surface area (Å²) in [6.45, 7) is 6.35. The Morgan fingerprint density at radius 1 is 1.18 bits per heavy atom. The zero-order valence-electron chi connectivity index (χ0n) is 22.0. The van der Waals surface area contributed by atoms with Gasteiger partial charge in [-0.2, -0.15) is 0 Å². The summed E-state index contributed by atoms with van der Waals surface area (Å²) >= 11 is 0. The van der Waals surface area contributed by atoms with Gasteiger partial charge in [-0.3, -0.25) is 14.7 Å². The Morgan fingerprint density at radius 2 is 2.03 bits per heavy atom. The fourth-order valence-corrected chi connectivity index (χ4v) is 5.10. The minimum atomic E-state index is -1.37. The van der Waals surface area contributed by atoms with E-state index in [-0.39, 0.29) is 31.1 Å². The molecule has 1 unspecified atom stereocenters. The van der Waals surface area contributed by atoms with Crippen LogP contribution in [-0.4, -0.2) is 76.9 Å². The maximum Gasteiger partial charge on any atom is 0.237 e. The van der Waals surface area contributed by atoms with E-state index in [0.29, 0.717) is 31.2 Å². The van der Waals surface area contributed by atoms with Gasteiger partial charge in [-0.1, -0.05) is 13.8 Å². The van der Waals surface area contributed by atoms with Crippen molar-refractivity contribution in [3.8, 4) is 16.9 Å². The first-order valence-corrected chi connectivity index (χ1v) is 13.4. The molecule has 1 saturated heterocycles. The second-order valence-corrected chi connectivity index (χ2v) is 9.84. The Hall–Kier alpha value is -3.37. The second-order valence-electron chi connectivity index (χ2n) is 9.84. The van der Waals surface area contributed by atoms with Crippen LogP contribution in [0.2, 0.25) is 0 Å². The Bertz CT molecular complexity index is 1260. The molecule has 1 amide bonds. The number of alkyl halides is 1. The van der Waals surface area contributed by atoms with E-state index in [1.165, 1.54) is 0 Å². The molecule has 0 radical (unpaired) electrons. The van der Waals surface area contributed by atoms with E-state index in [9.17, 15) is 9.18 Å². The lowest BCUT2D eigenvalue weighted by molar-refractivity contribution is -0.128. The van der Waals surface area contributed by atoms with Crippen molar-refractivity contribution in [2.24, 2.45) is 0 Å². The minimum absolute atomic E-state index is 0.0975. The van der Waals surface area contributed by atoms with Crippen LogP contribution in [0.1, 0.15) is 38.9 Å². The maximum absolute atomic E-state index is 15.0. The number of carbonyl (C=O) groups is 1. The lowest BCUT2D eigenvalue weighted by atomic mass is 9.96. The highest BCUT2D eigenvalue weighted by atomic mass is 19.1. The molecule has 0 aliphatic carbocycles. The van der Waals surface area contributed by atoms with Crippen LogP contribution in [-0.2, 0) is 16.1 Å². The molecule has 0 spiro atoms. The summed E-state index contributed by atoms with van der Waals surface area (Å²) in [4.78, 5) is 28.7. The van der Waals surface area contributed by atoms with Crippen LogP contribution >= 0.6 is 0 Å². The van der Waals surface area contributed by atoms with E-state index in [1.807, 2.05) is 25.1 Å². The van der Waals surface area contributed by atoms with Crippen molar-refractivity contribution in [2.75, 3.05) is 38.2 Å². The Morgan fingerprint density at radius 3 is 2.82 bits per heavy atom. The van der Waals surface area contributed by atoms with Gasteiger partial charge in [0.15, 0.2) is 12.0 Å². The average Bonchev–Trinajstić information content (AvgIpc) is 2.94. The summed E-state index contributed by atoms with van der Waals surface area (Å²) in [6, 6.07) is 5.61. The second kappa shape index (κ2) is 12.0. The fourth-order valence-electron chi connectivity index (χ4n) is 5.10. The maximum atomic E-state index is 15.0. The molecule has 9 nitrogen and oxygen atoms in total. The molecule has 1 fully saturated rings. The summed E-state index contributed by atoms with van der Waals surface area (Å²) < 4.78 is 26.7. The molecule has 0 saturated carbocycles. The van der Waals surface area contributed by atoms with Crippen molar-refractivity contribution in [1.29, 1.82) is 0 Å². The summed E-state index contributed by atoms with van der Waals surface area (Å²) in [5, 5.41) is 7.16. The largest absolute Gasteiger partial charge is 0.489 e. The Balaban J connectivity index is 1.50. The Labute approximate surface area is 222 Å². The number of rotatable bonds is 6. The predicted octanol–water partition coefficient (Wildman–Crippen LogP) is 3.73. The highest BCUT2D eigenvalue weighted by Gasteiger charge is 2.33. The number of nitrogens with zero attached hydrogens (tertiary/aromatic N) is 4. The monoisotopic (exact) mass is 522 g/mol. The molecule has 3 atom stereocenters. The molecule has 202 valence electrons. The number of amides is 1. The van der Waals surface area contributed by atoms with Crippen molar-refractivity contribution in [3.63, 3.8) is 0 Å². The molecular weight excluding hydrogens is 487 g/mol. The van der Waals surface area contributed by atoms with Gasteiger partial charge in [-0.05, 0) is 44.0 Å². The van der Waals surface area contributed by atoms with E-state index < -0.39 is 6.17 Å². The highest BCUT2D eigenvalue weighted by Crippen LogP contribution is 2.37. The number of hydrogen-bond acceptors (Lipinski definition) is 8. The van der Waals surface area contributed by atoms with Crippen LogP contribution in [0, 0.1) is 0 Å². The molecule has 1 aromatic carbocycles. The smallest absolute Gasteiger partial charge is 0.237 e. The number of halogens is 1. The first-order valence-electron chi connectivity index (χ1n) is 13.4. The average molecular weight is 523 g/mol. The SMILES string of the molecule is CCCOCc1ncc(-c2ccc3ncc4cc3c2OCC(F)CNC(=O)[C@@H]2C[C@H](CCN2CC)N4)cn1. The standard InChI is InChI=1S/C28H35FN6O3/c1-3-9-37-17-26-31-12-18(13-32-26)22-5-6-24-23-10-21(15-30-24)34-20-7-8-35(4-2)25(11-20)28(36)33-14-19(29)16-38-27(22)23/h5-6,10,12-13,15,19-20,25,34H,3-4,7-9,11,14,16-17H2,1-2H3,(H,33,36)/t19?,20-,25-/m0/s1. The van der Waals surface area contributed by atoms with Crippen molar-refractivity contribution in [3.05, 3.63) is 42.6 Å². The summed E-state index contributed by atoms with van der Waals surface area (Å²) in [5.74, 6) is 0.967. The molecule has 10 heteroatoms. The third kappa shape index (κ3) is 5.86. The molecule has 38 heavy (non-hydrogen) atoms. The number of pyridine rings is 1. The van der Waals surface area contributed by atoms with Crippen LogP contribution in [0.25, 0.3) is 22.0 Å². The topological polar surface area (TPSA) is 102 Å². The summed E-state index contributed by atoms with van der Waals surface area (Å²) in [7, 11) is 0. The van der Waals surface area contributed by atoms with Gasteiger partial charge in [0.25, 0.3) is 0 Å². The molecule has 3 aromatic rings. The van der Waals surface area contributed by atoms with Crippen LogP contribution in [0.5, 0.6) is 5.75 Å². The van der Waals surface area contributed by atoms with Crippen molar-refractivity contribution in [1.82, 2.24) is 25.2 Å². The first-order chi connectivity index (χ1) is 18.6. The Kier molecular flexibility index (Phi) is 8.29. The number of carbonyl (C=O) groups excluding carboxylic acids is 1. The van der Waals surface area contributed by atoms with Crippen LogP contribution in [0.3, 0.4) is 0 Å². The van der Waals surface area contributed by atoms with Gasteiger partial charge in [0.2, 0.25) is 5.91 Å². The zero-order chi connectivity index (χ0) is 26.5. The number of aromatic nitrogens is 3. The van der Waals surface area contributed by atoms with E-state index in [1.54, 1.807) is 18.6 Å². The molecular formula is C28H35FN6O3. The van der Waals surface area contributed by atoms with Crippen LogP contribution in [0.4, 0.5) is 10.1 Å². The molecule has 4 heterocycles. The van der Waals surface area contributed by atoms with Crippen molar-refractivity contribution < 1.29 is 18.7 Å². The first kappa shape index (κ1) is 26.2. The zero-order valence-corrected chi connectivity index (χ0v) is 22.0. The highest BCUT2D eigenvalue weighted by molar-refractivity contribution is 5.94. The van der Waals surface area contributed by atoms with Gasteiger partial charge < -0.3 is 20.1 Å². The number of nitrogens with one attached hydrogen (secondary N) is 2. The van der Waals surface area contributed by atoms with E-state index >= 15 is 0 Å². The lowest BCUT2D eigenvalue weighted by Crippen LogP contribution is -2.54. The number of likely N-dealkylation sites (N-methyl/N-ethyl adjacent to an activating group) is 1. The summed E-state index contributed by atoms with van der Waals surface area (Å²) in [6.07, 6.45) is 6.36. The third-order valence-corrected chi connectivity index (χ3v) is 7.11. The van der Waals surface area contributed by atoms with Gasteiger partial charge in [0.05, 0.1) is 30.0 Å². The van der Waals surface area contributed by atoms with Gasteiger partial charge in [0.1, 0.15) is 19.0 Å². The van der Waals surface area contributed by atoms with Crippen molar-refractivity contribution >= 4 is 22.5 Å². The van der Waals surface area contributed by atoms with Crippen LogP contribution < -0.4 is 15.4 Å². The molecule has 2 aromatic heterocycles. The predicted molar refractivity (Wildman–Crippen MR) is 144 cm³/mol. The molecule has 5 rings (SSSR count).